The van der Waals surface area contributed by atoms with Crippen LogP contribution < -0.4 is 14.2 Å². The number of esters is 1. The summed E-state index contributed by atoms with van der Waals surface area (Å²) >= 11 is 0. The van der Waals surface area contributed by atoms with Gasteiger partial charge in [-0.15, -0.1) is 0 Å². The highest BCUT2D eigenvalue weighted by molar-refractivity contribution is 5.89. The number of carbonyl (C=O) groups is 2. The molecule has 2 rings (SSSR count). The van der Waals surface area contributed by atoms with Gasteiger partial charge in [-0.2, -0.15) is 0 Å². The molecule has 0 aliphatic carbocycles. The molecule has 7 heteroatoms. The molecule has 1 aliphatic heterocycles. The number of methoxy groups -OCH3 is 4. The molecule has 27 heavy (non-hydrogen) atoms. The first-order chi connectivity index (χ1) is 13.0. The summed E-state index contributed by atoms with van der Waals surface area (Å²) < 4.78 is 21.1. The fourth-order valence-electron chi connectivity index (χ4n) is 3.63. The summed E-state index contributed by atoms with van der Waals surface area (Å²) in [6, 6.07) is 3.07. The molecule has 1 amide bonds. The highest BCUT2D eigenvalue weighted by atomic mass is 16.5. The van der Waals surface area contributed by atoms with Crippen molar-refractivity contribution in [1.82, 2.24) is 4.90 Å². The number of hydrogen-bond acceptors (Lipinski definition) is 6. The topological polar surface area (TPSA) is 74.3 Å². The maximum absolute atomic E-state index is 13.3. The summed E-state index contributed by atoms with van der Waals surface area (Å²) in [5.74, 6) is 0.632. The summed E-state index contributed by atoms with van der Waals surface area (Å²) in [6.45, 7) is 2.50. The van der Waals surface area contributed by atoms with E-state index in [1.165, 1.54) is 14.2 Å². The van der Waals surface area contributed by atoms with Crippen molar-refractivity contribution in [3.63, 3.8) is 0 Å². The normalized spacial score (nSPS) is 17.8. The lowest BCUT2D eigenvalue weighted by atomic mass is 9.91. The van der Waals surface area contributed by atoms with Crippen LogP contribution in [0.2, 0.25) is 0 Å². The quantitative estimate of drug-likeness (QED) is 0.678. The van der Waals surface area contributed by atoms with E-state index >= 15 is 0 Å². The summed E-state index contributed by atoms with van der Waals surface area (Å²) in [5.41, 5.74) is 0.770. The molecule has 2 atom stereocenters. The van der Waals surface area contributed by atoms with E-state index in [-0.39, 0.29) is 11.9 Å². The Balaban J connectivity index is 2.40. The van der Waals surface area contributed by atoms with Gasteiger partial charge in [-0.25, -0.2) is 4.79 Å². The van der Waals surface area contributed by atoms with Crippen LogP contribution in [0, 0.1) is 0 Å². The minimum atomic E-state index is -0.521. The molecule has 1 saturated heterocycles. The molecule has 0 radical (unpaired) electrons. The summed E-state index contributed by atoms with van der Waals surface area (Å²) in [5, 5.41) is 0. The standard InChI is InChI=1S/C20H29NO6/c1-6-14(13-11-16(24-2)18(26-4)17(12-13)25-3)19(22)21-10-8-7-9-15(21)20(23)27-5/h11-12,14-15H,6-10H2,1-5H3/t14-,15-/m0/s1. The number of piperidine rings is 1. The van der Waals surface area contributed by atoms with Crippen molar-refractivity contribution in [3.8, 4) is 17.2 Å². The lowest BCUT2D eigenvalue weighted by molar-refractivity contribution is -0.155. The number of amides is 1. The van der Waals surface area contributed by atoms with Crippen molar-refractivity contribution >= 4 is 11.9 Å². The Morgan fingerprint density at radius 3 is 2.19 bits per heavy atom. The molecule has 150 valence electrons. The van der Waals surface area contributed by atoms with E-state index < -0.39 is 12.0 Å². The van der Waals surface area contributed by atoms with Gasteiger partial charge in [0.25, 0.3) is 0 Å². The number of hydrogen-bond donors (Lipinski definition) is 0. The molecular weight excluding hydrogens is 350 g/mol. The van der Waals surface area contributed by atoms with E-state index in [1.54, 1.807) is 31.3 Å². The molecule has 0 aromatic heterocycles. The number of nitrogens with zero attached hydrogens (tertiary/aromatic N) is 1. The predicted molar refractivity (Wildman–Crippen MR) is 100 cm³/mol. The zero-order chi connectivity index (χ0) is 20.0. The zero-order valence-corrected chi connectivity index (χ0v) is 16.7. The fourth-order valence-corrected chi connectivity index (χ4v) is 3.63. The Morgan fingerprint density at radius 2 is 1.70 bits per heavy atom. The monoisotopic (exact) mass is 379 g/mol. The van der Waals surface area contributed by atoms with E-state index in [9.17, 15) is 9.59 Å². The van der Waals surface area contributed by atoms with Gasteiger partial charge in [-0.3, -0.25) is 4.79 Å². The van der Waals surface area contributed by atoms with Crippen molar-refractivity contribution in [1.29, 1.82) is 0 Å². The molecule has 1 heterocycles. The summed E-state index contributed by atoms with van der Waals surface area (Å²) in [4.78, 5) is 27.1. The largest absolute Gasteiger partial charge is 0.493 e. The van der Waals surface area contributed by atoms with Gasteiger partial charge in [-0.1, -0.05) is 6.92 Å². The molecule has 1 fully saturated rings. The van der Waals surface area contributed by atoms with Crippen LogP contribution in [0.15, 0.2) is 12.1 Å². The Labute approximate surface area is 160 Å². The highest BCUT2D eigenvalue weighted by Gasteiger charge is 2.36. The Morgan fingerprint density at radius 1 is 1.07 bits per heavy atom. The van der Waals surface area contributed by atoms with Crippen LogP contribution in [0.5, 0.6) is 17.2 Å². The molecule has 7 nitrogen and oxygen atoms in total. The number of carbonyl (C=O) groups excluding carboxylic acids is 2. The van der Waals surface area contributed by atoms with Crippen LogP contribution in [0.3, 0.4) is 0 Å². The lowest BCUT2D eigenvalue weighted by Gasteiger charge is -2.36. The molecule has 0 unspecified atom stereocenters. The Hall–Kier alpha value is -2.44. The number of ether oxygens (including phenoxy) is 4. The van der Waals surface area contributed by atoms with E-state index in [0.717, 1.165) is 18.4 Å². The minimum Gasteiger partial charge on any atom is -0.493 e. The van der Waals surface area contributed by atoms with Gasteiger partial charge in [0.2, 0.25) is 11.7 Å². The van der Waals surface area contributed by atoms with Crippen molar-refractivity contribution in [2.75, 3.05) is 35.0 Å². The first kappa shape index (κ1) is 20.9. The van der Waals surface area contributed by atoms with Crippen LogP contribution in [0.1, 0.15) is 44.1 Å². The predicted octanol–water partition coefficient (Wildman–Crippen LogP) is 2.76. The van der Waals surface area contributed by atoms with Crippen LogP contribution in [-0.4, -0.2) is 57.8 Å². The molecule has 0 saturated carbocycles. The second-order valence-corrected chi connectivity index (χ2v) is 6.49. The van der Waals surface area contributed by atoms with Gasteiger partial charge in [0.15, 0.2) is 11.5 Å². The summed E-state index contributed by atoms with van der Waals surface area (Å²) in [6.07, 6.45) is 3.00. The minimum absolute atomic E-state index is 0.0816. The first-order valence-electron chi connectivity index (χ1n) is 9.20. The van der Waals surface area contributed by atoms with Gasteiger partial charge in [0, 0.05) is 6.54 Å². The van der Waals surface area contributed by atoms with Crippen molar-refractivity contribution in [3.05, 3.63) is 17.7 Å². The second-order valence-electron chi connectivity index (χ2n) is 6.49. The molecule has 0 spiro atoms. The van der Waals surface area contributed by atoms with Crippen molar-refractivity contribution in [2.45, 2.75) is 44.6 Å². The number of benzene rings is 1. The molecule has 0 bridgehead atoms. The van der Waals surface area contributed by atoms with Crippen LogP contribution in [-0.2, 0) is 14.3 Å². The molecule has 1 aliphatic rings. The zero-order valence-electron chi connectivity index (χ0n) is 16.7. The van der Waals surface area contributed by atoms with Crippen LogP contribution in [0.4, 0.5) is 0 Å². The third-order valence-electron chi connectivity index (χ3n) is 5.05. The van der Waals surface area contributed by atoms with Crippen LogP contribution in [0.25, 0.3) is 0 Å². The smallest absolute Gasteiger partial charge is 0.328 e. The average Bonchev–Trinajstić information content (AvgIpc) is 2.72. The Bertz CT molecular complexity index is 649. The van der Waals surface area contributed by atoms with Crippen LogP contribution >= 0.6 is 0 Å². The lowest BCUT2D eigenvalue weighted by Crippen LogP contribution is -2.50. The maximum Gasteiger partial charge on any atom is 0.328 e. The maximum atomic E-state index is 13.3. The van der Waals surface area contributed by atoms with Gasteiger partial charge < -0.3 is 23.8 Å². The van der Waals surface area contributed by atoms with Gasteiger partial charge in [-0.05, 0) is 43.4 Å². The van der Waals surface area contributed by atoms with E-state index in [0.29, 0.717) is 36.6 Å². The third-order valence-corrected chi connectivity index (χ3v) is 5.05. The summed E-state index contributed by atoms with van der Waals surface area (Å²) in [7, 11) is 5.98. The molecular formula is C20H29NO6. The van der Waals surface area contributed by atoms with Gasteiger partial charge in [0.05, 0.1) is 34.4 Å². The second kappa shape index (κ2) is 9.48. The SMILES string of the molecule is CC[C@H](C(=O)N1CCCC[C@H]1C(=O)OC)c1cc(OC)c(OC)c(OC)c1. The molecule has 0 N–H and O–H groups in total. The number of rotatable bonds is 7. The van der Waals surface area contributed by atoms with Gasteiger partial charge in [0.1, 0.15) is 6.04 Å². The average molecular weight is 379 g/mol. The molecule has 1 aromatic rings. The van der Waals surface area contributed by atoms with E-state index in [1.807, 2.05) is 6.92 Å². The Kier molecular flexibility index (Phi) is 7.33. The van der Waals surface area contributed by atoms with Crippen molar-refractivity contribution < 1.29 is 28.5 Å². The highest BCUT2D eigenvalue weighted by Crippen LogP contribution is 2.41. The van der Waals surface area contributed by atoms with E-state index in [2.05, 4.69) is 0 Å². The molecule has 1 aromatic carbocycles. The third kappa shape index (κ3) is 4.28. The van der Waals surface area contributed by atoms with Gasteiger partial charge >= 0.3 is 5.97 Å². The fraction of sp³-hybridized carbons (Fsp3) is 0.600. The van der Waals surface area contributed by atoms with Crippen molar-refractivity contribution in [2.24, 2.45) is 0 Å². The number of likely N-dealkylation sites (tertiary alicyclic amines) is 1. The van der Waals surface area contributed by atoms with E-state index in [4.69, 9.17) is 18.9 Å². The first-order valence-corrected chi connectivity index (χ1v) is 9.20.